The van der Waals surface area contributed by atoms with Crippen molar-refractivity contribution in [3.8, 4) is 0 Å². The molecule has 0 aliphatic heterocycles. The summed E-state index contributed by atoms with van der Waals surface area (Å²) in [5, 5.41) is 0.278. The van der Waals surface area contributed by atoms with Crippen LogP contribution in [0.5, 0.6) is 0 Å². The molecule has 0 saturated carbocycles. The van der Waals surface area contributed by atoms with Crippen molar-refractivity contribution in [3.63, 3.8) is 0 Å². The maximum Gasteiger partial charge on any atom is 0.262 e. The number of halogens is 1. The molecule has 0 aliphatic carbocycles. The van der Waals surface area contributed by atoms with Gasteiger partial charge in [0.1, 0.15) is 0 Å². The third-order valence-corrected chi connectivity index (χ3v) is 4.68. The van der Waals surface area contributed by atoms with Gasteiger partial charge in [0.05, 0.1) is 21.8 Å². The van der Waals surface area contributed by atoms with E-state index in [0.717, 1.165) is 11.1 Å². The van der Waals surface area contributed by atoms with E-state index >= 15 is 0 Å². The van der Waals surface area contributed by atoms with Crippen LogP contribution in [0.15, 0.2) is 35.5 Å². The van der Waals surface area contributed by atoms with Crippen LogP contribution in [0.2, 0.25) is 5.02 Å². The number of benzene rings is 1. The van der Waals surface area contributed by atoms with E-state index < -0.39 is 10.0 Å². The number of aromatic nitrogens is 1. The minimum atomic E-state index is -3.75. The fourth-order valence-electron chi connectivity index (χ4n) is 1.66. The number of nitrogen functional groups attached to an aromatic ring is 1. The van der Waals surface area contributed by atoms with Crippen LogP contribution in [-0.4, -0.2) is 13.4 Å². The first kappa shape index (κ1) is 14.6. The maximum absolute atomic E-state index is 12.3. The third-order valence-electron chi connectivity index (χ3n) is 3.00. The van der Waals surface area contributed by atoms with Crippen LogP contribution >= 0.6 is 11.6 Å². The lowest BCUT2D eigenvalue weighted by molar-refractivity contribution is 0.601. The molecule has 0 saturated heterocycles. The van der Waals surface area contributed by atoms with Crippen molar-refractivity contribution in [2.24, 2.45) is 0 Å². The second kappa shape index (κ2) is 5.30. The zero-order chi connectivity index (χ0) is 14.9. The van der Waals surface area contributed by atoms with Crippen molar-refractivity contribution >= 4 is 33.0 Å². The Morgan fingerprint density at radius 1 is 1.30 bits per heavy atom. The Bertz CT molecular complexity index is 737. The first-order chi connectivity index (χ1) is 9.31. The Labute approximate surface area is 122 Å². The predicted molar refractivity (Wildman–Crippen MR) is 80.4 cm³/mol. The van der Waals surface area contributed by atoms with Gasteiger partial charge in [-0.05, 0) is 43.2 Å². The molecule has 1 aromatic heterocycles. The van der Waals surface area contributed by atoms with Gasteiger partial charge in [0.2, 0.25) is 0 Å². The minimum absolute atomic E-state index is 0.0954. The van der Waals surface area contributed by atoms with Gasteiger partial charge in [0, 0.05) is 11.9 Å². The highest BCUT2D eigenvalue weighted by molar-refractivity contribution is 7.92. The minimum Gasteiger partial charge on any atom is -0.398 e. The van der Waals surface area contributed by atoms with E-state index in [1.165, 1.54) is 24.5 Å². The summed E-state index contributed by atoms with van der Waals surface area (Å²) >= 11 is 5.91. The standard InChI is InChI=1S/C13H14ClN3O2S/c1-8-5-10(6-12(15)9(8)2)20(18,19)17-13-7-16-4-3-11(13)14/h3-7,17H,15H2,1-2H3. The van der Waals surface area contributed by atoms with Gasteiger partial charge < -0.3 is 5.73 Å². The van der Waals surface area contributed by atoms with Crippen molar-refractivity contribution in [3.05, 3.63) is 46.7 Å². The Morgan fingerprint density at radius 3 is 2.60 bits per heavy atom. The van der Waals surface area contributed by atoms with E-state index in [-0.39, 0.29) is 15.6 Å². The van der Waals surface area contributed by atoms with Gasteiger partial charge in [-0.15, -0.1) is 0 Å². The lowest BCUT2D eigenvalue weighted by Crippen LogP contribution is -2.14. The summed E-state index contributed by atoms with van der Waals surface area (Å²) in [5.74, 6) is 0. The highest BCUT2D eigenvalue weighted by Gasteiger charge is 2.17. The summed E-state index contributed by atoms with van der Waals surface area (Å²) in [6, 6.07) is 4.50. The predicted octanol–water partition coefficient (Wildman–Crippen LogP) is 2.73. The van der Waals surface area contributed by atoms with Gasteiger partial charge in [-0.25, -0.2) is 8.42 Å². The Kier molecular flexibility index (Phi) is 3.87. The zero-order valence-electron chi connectivity index (χ0n) is 11.0. The lowest BCUT2D eigenvalue weighted by Gasteiger charge is -2.12. The zero-order valence-corrected chi connectivity index (χ0v) is 12.6. The van der Waals surface area contributed by atoms with Crippen LogP contribution in [0.4, 0.5) is 11.4 Å². The first-order valence-corrected chi connectivity index (χ1v) is 7.66. The molecule has 2 rings (SSSR count). The molecule has 0 aliphatic rings. The van der Waals surface area contributed by atoms with Crippen LogP contribution in [-0.2, 0) is 10.0 Å². The number of sulfonamides is 1. The van der Waals surface area contributed by atoms with Crippen LogP contribution in [0, 0.1) is 13.8 Å². The summed E-state index contributed by atoms with van der Waals surface area (Å²) in [6.07, 6.45) is 2.83. The molecule has 7 heteroatoms. The van der Waals surface area contributed by atoms with E-state index in [1.807, 2.05) is 13.8 Å². The van der Waals surface area contributed by atoms with Crippen LogP contribution < -0.4 is 10.5 Å². The molecular weight excluding hydrogens is 298 g/mol. The number of rotatable bonds is 3. The average molecular weight is 312 g/mol. The van der Waals surface area contributed by atoms with E-state index in [2.05, 4.69) is 9.71 Å². The van der Waals surface area contributed by atoms with Crippen molar-refractivity contribution in [1.29, 1.82) is 0 Å². The van der Waals surface area contributed by atoms with Gasteiger partial charge in [-0.3, -0.25) is 9.71 Å². The van der Waals surface area contributed by atoms with Crippen LogP contribution in [0.3, 0.4) is 0 Å². The normalized spacial score (nSPS) is 11.3. The fourth-order valence-corrected chi connectivity index (χ4v) is 3.06. The molecular formula is C13H14ClN3O2S. The molecule has 0 unspecified atom stereocenters. The van der Waals surface area contributed by atoms with Crippen molar-refractivity contribution in [1.82, 2.24) is 4.98 Å². The molecule has 1 heterocycles. The molecule has 20 heavy (non-hydrogen) atoms. The van der Waals surface area contributed by atoms with E-state index in [4.69, 9.17) is 17.3 Å². The summed E-state index contributed by atoms with van der Waals surface area (Å²) in [7, 11) is -3.75. The SMILES string of the molecule is Cc1cc(S(=O)(=O)Nc2cnccc2Cl)cc(N)c1C. The van der Waals surface area contributed by atoms with Gasteiger partial charge in [0.25, 0.3) is 10.0 Å². The van der Waals surface area contributed by atoms with Gasteiger partial charge >= 0.3 is 0 Å². The number of anilines is 2. The fraction of sp³-hybridized carbons (Fsp3) is 0.154. The number of nitrogens with zero attached hydrogens (tertiary/aromatic N) is 1. The van der Waals surface area contributed by atoms with Crippen molar-refractivity contribution < 1.29 is 8.42 Å². The maximum atomic E-state index is 12.3. The van der Waals surface area contributed by atoms with E-state index in [9.17, 15) is 8.42 Å². The highest BCUT2D eigenvalue weighted by atomic mass is 35.5. The average Bonchev–Trinajstić information content (AvgIpc) is 2.38. The monoisotopic (exact) mass is 311 g/mol. The molecule has 106 valence electrons. The molecule has 1 aromatic carbocycles. The highest BCUT2D eigenvalue weighted by Crippen LogP contribution is 2.26. The summed E-state index contributed by atoms with van der Waals surface area (Å²) in [6.45, 7) is 3.65. The van der Waals surface area contributed by atoms with E-state index in [1.54, 1.807) is 6.07 Å². The molecule has 0 atom stereocenters. The van der Waals surface area contributed by atoms with Crippen molar-refractivity contribution in [2.45, 2.75) is 18.7 Å². The largest absolute Gasteiger partial charge is 0.398 e. The first-order valence-electron chi connectivity index (χ1n) is 5.80. The van der Waals surface area contributed by atoms with Gasteiger partial charge in [-0.1, -0.05) is 11.6 Å². The number of hydrogen-bond donors (Lipinski definition) is 2. The van der Waals surface area contributed by atoms with E-state index in [0.29, 0.717) is 5.69 Å². The Hall–Kier alpha value is -1.79. The van der Waals surface area contributed by atoms with Crippen LogP contribution in [0.25, 0.3) is 0 Å². The number of aryl methyl sites for hydroxylation is 1. The molecule has 5 nitrogen and oxygen atoms in total. The third kappa shape index (κ3) is 2.86. The van der Waals surface area contributed by atoms with Crippen LogP contribution in [0.1, 0.15) is 11.1 Å². The second-order valence-electron chi connectivity index (χ2n) is 4.42. The summed E-state index contributed by atoms with van der Waals surface area (Å²) < 4.78 is 27.0. The Balaban J connectivity index is 2.44. The quantitative estimate of drug-likeness (QED) is 0.853. The number of nitrogens with one attached hydrogen (secondary N) is 1. The lowest BCUT2D eigenvalue weighted by atomic mass is 10.1. The molecule has 0 fully saturated rings. The van der Waals surface area contributed by atoms with Crippen molar-refractivity contribution in [2.75, 3.05) is 10.5 Å². The summed E-state index contributed by atoms with van der Waals surface area (Å²) in [5.41, 5.74) is 8.14. The number of hydrogen-bond acceptors (Lipinski definition) is 4. The van der Waals surface area contributed by atoms with Gasteiger partial charge in [0.15, 0.2) is 0 Å². The smallest absolute Gasteiger partial charge is 0.262 e. The molecule has 0 radical (unpaired) electrons. The summed E-state index contributed by atoms with van der Waals surface area (Å²) in [4.78, 5) is 3.93. The number of nitrogens with two attached hydrogens (primary N) is 1. The number of pyridine rings is 1. The van der Waals surface area contributed by atoms with Gasteiger partial charge in [-0.2, -0.15) is 0 Å². The molecule has 0 amide bonds. The molecule has 0 bridgehead atoms. The topological polar surface area (TPSA) is 85.1 Å². The Morgan fingerprint density at radius 2 is 2.00 bits per heavy atom. The molecule has 3 N–H and O–H groups in total. The molecule has 0 spiro atoms. The molecule has 2 aromatic rings. The second-order valence-corrected chi connectivity index (χ2v) is 6.51.